The fourth-order valence-electron chi connectivity index (χ4n) is 1.16. The number of rotatable bonds is 4. The zero-order valence-electron chi connectivity index (χ0n) is 8.40. The van der Waals surface area contributed by atoms with Crippen molar-refractivity contribution in [2.24, 2.45) is 0 Å². The average molecular weight is 212 g/mol. The Balaban J connectivity index is 2.83. The van der Waals surface area contributed by atoms with Gasteiger partial charge in [0.15, 0.2) is 11.6 Å². The molecule has 0 fully saturated rings. The van der Waals surface area contributed by atoms with Crippen LogP contribution in [0.25, 0.3) is 0 Å². The number of halogens is 1. The number of hydrogen-bond acceptors (Lipinski definition) is 3. The molecule has 0 saturated carbocycles. The molecule has 0 bridgehead atoms. The van der Waals surface area contributed by atoms with E-state index in [0.29, 0.717) is 0 Å². The predicted octanol–water partition coefficient (Wildman–Crippen LogP) is 1.49. The Kier molecular flexibility index (Phi) is 3.55. The molecule has 15 heavy (non-hydrogen) atoms. The van der Waals surface area contributed by atoms with Crippen molar-refractivity contribution in [1.29, 1.82) is 0 Å². The highest BCUT2D eigenvalue weighted by Gasteiger charge is 2.26. The van der Waals surface area contributed by atoms with Crippen LogP contribution in [0.2, 0.25) is 0 Å². The molecule has 0 aliphatic rings. The molecule has 0 saturated heterocycles. The summed E-state index contributed by atoms with van der Waals surface area (Å²) in [7, 11) is 0. The highest BCUT2D eigenvalue weighted by atomic mass is 19.1. The summed E-state index contributed by atoms with van der Waals surface area (Å²) >= 11 is 0. The van der Waals surface area contributed by atoms with Crippen LogP contribution in [0.15, 0.2) is 24.3 Å². The van der Waals surface area contributed by atoms with Crippen molar-refractivity contribution in [2.75, 3.05) is 0 Å². The summed E-state index contributed by atoms with van der Waals surface area (Å²) in [5.74, 6) is -3.31. The SMILES string of the molecule is CCC(O)(O)CC(=O)c1ccccc1F. The van der Waals surface area contributed by atoms with Crippen molar-refractivity contribution in [1.82, 2.24) is 0 Å². The van der Waals surface area contributed by atoms with Gasteiger partial charge in [0.05, 0.1) is 12.0 Å². The van der Waals surface area contributed by atoms with E-state index in [1.54, 1.807) is 0 Å². The Morgan fingerprint density at radius 2 is 2.00 bits per heavy atom. The van der Waals surface area contributed by atoms with Gasteiger partial charge >= 0.3 is 0 Å². The Morgan fingerprint density at radius 3 is 2.53 bits per heavy atom. The van der Waals surface area contributed by atoms with Crippen LogP contribution in [0.4, 0.5) is 4.39 Å². The molecule has 1 rings (SSSR count). The van der Waals surface area contributed by atoms with Crippen LogP contribution in [-0.2, 0) is 0 Å². The summed E-state index contributed by atoms with van der Waals surface area (Å²) in [5.41, 5.74) is -0.113. The largest absolute Gasteiger partial charge is 0.365 e. The smallest absolute Gasteiger partial charge is 0.171 e. The Hall–Kier alpha value is -1.26. The normalized spacial score (nSPS) is 11.5. The molecule has 2 N–H and O–H groups in total. The molecule has 0 aliphatic carbocycles. The van der Waals surface area contributed by atoms with Crippen LogP contribution in [-0.4, -0.2) is 21.8 Å². The number of benzene rings is 1. The monoisotopic (exact) mass is 212 g/mol. The first-order valence-corrected chi connectivity index (χ1v) is 4.69. The number of aliphatic hydroxyl groups is 2. The molecular formula is C11H13FO3. The molecule has 0 aromatic heterocycles. The van der Waals surface area contributed by atoms with E-state index in [2.05, 4.69) is 0 Å². The Bertz CT molecular complexity index is 361. The molecule has 0 amide bonds. The van der Waals surface area contributed by atoms with Crippen LogP contribution in [0, 0.1) is 5.82 Å². The first kappa shape index (κ1) is 11.8. The molecule has 1 aromatic rings. The Labute approximate surface area is 87.2 Å². The molecule has 0 radical (unpaired) electrons. The van der Waals surface area contributed by atoms with Crippen molar-refractivity contribution in [2.45, 2.75) is 25.6 Å². The van der Waals surface area contributed by atoms with Gasteiger partial charge in [-0.3, -0.25) is 4.79 Å². The molecule has 0 spiro atoms. The number of Topliss-reactive ketones (excluding diaryl/α,β-unsaturated/α-hetero) is 1. The van der Waals surface area contributed by atoms with Gasteiger partial charge in [0.2, 0.25) is 0 Å². The summed E-state index contributed by atoms with van der Waals surface area (Å²) in [5, 5.41) is 18.5. The van der Waals surface area contributed by atoms with Crippen LogP contribution >= 0.6 is 0 Å². The van der Waals surface area contributed by atoms with Crippen LogP contribution < -0.4 is 0 Å². The van der Waals surface area contributed by atoms with Crippen molar-refractivity contribution < 1.29 is 19.4 Å². The first-order valence-electron chi connectivity index (χ1n) is 4.69. The lowest BCUT2D eigenvalue weighted by Crippen LogP contribution is -2.30. The van der Waals surface area contributed by atoms with Crippen LogP contribution in [0.1, 0.15) is 30.1 Å². The summed E-state index contributed by atoms with van der Waals surface area (Å²) in [6.07, 6.45) is -0.475. The molecule has 1 aromatic carbocycles. The fraction of sp³-hybridized carbons (Fsp3) is 0.364. The molecule has 3 nitrogen and oxygen atoms in total. The van der Waals surface area contributed by atoms with Gasteiger partial charge < -0.3 is 10.2 Å². The number of carbonyl (C=O) groups is 1. The summed E-state index contributed by atoms with van der Waals surface area (Å²) in [4.78, 5) is 11.5. The molecule has 0 heterocycles. The topological polar surface area (TPSA) is 57.5 Å². The lowest BCUT2D eigenvalue weighted by atomic mass is 10.0. The minimum absolute atomic E-state index is 0.0210. The van der Waals surface area contributed by atoms with Gasteiger partial charge in [0.25, 0.3) is 0 Å². The van der Waals surface area contributed by atoms with Gasteiger partial charge in [-0.05, 0) is 18.6 Å². The second-order valence-corrected chi connectivity index (χ2v) is 3.42. The maximum atomic E-state index is 13.1. The molecule has 82 valence electrons. The van der Waals surface area contributed by atoms with Crippen LogP contribution in [0.3, 0.4) is 0 Å². The van der Waals surface area contributed by atoms with E-state index < -0.39 is 23.8 Å². The quantitative estimate of drug-likeness (QED) is 0.587. The number of hydrogen-bond donors (Lipinski definition) is 2. The number of ketones is 1. The molecule has 0 aliphatic heterocycles. The molecule has 4 heteroatoms. The fourth-order valence-corrected chi connectivity index (χ4v) is 1.16. The summed E-state index contributed by atoms with van der Waals surface area (Å²) in [6, 6.07) is 5.48. The predicted molar refractivity (Wildman–Crippen MR) is 52.8 cm³/mol. The maximum Gasteiger partial charge on any atom is 0.171 e. The van der Waals surface area contributed by atoms with Crippen molar-refractivity contribution in [3.05, 3.63) is 35.6 Å². The lowest BCUT2D eigenvalue weighted by Gasteiger charge is -2.18. The van der Waals surface area contributed by atoms with Gasteiger partial charge in [0, 0.05) is 0 Å². The third-order valence-electron chi connectivity index (χ3n) is 2.18. The van der Waals surface area contributed by atoms with Crippen molar-refractivity contribution in [3.8, 4) is 0 Å². The van der Waals surface area contributed by atoms with E-state index in [1.807, 2.05) is 0 Å². The van der Waals surface area contributed by atoms with Gasteiger partial charge in [-0.25, -0.2) is 4.39 Å². The van der Waals surface area contributed by atoms with E-state index in [4.69, 9.17) is 0 Å². The molecule has 0 atom stereocenters. The third kappa shape index (κ3) is 3.11. The zero-order valence-corrected chi connectivity index (χ0v) is 8.40. The minimum atomic E-state index is -2.06. The van der Waals surface area contributed by atoms with E-state index in [-0.39, 0.29) is 12.0 Å². The lowest BCUT2D eigenvalue weighted by molar-refractivity contribution is -0.158. The third-order valence-corrected chi connectivity index (χ3v) is 2.18. The summed E-state index contributed by atoms with van der Waals surface area (Å²) < 4.78 is 13.1. The van der Waals surface area contributed by atoms with Gasteiger partial charge in [0.1, 0.15) is 5.82 Å². The van der Waals surface area contributed by atoms with Gasteiger partial charge in [-0.1, -0.05) is 19.1 Å². The van der Waals surface area contributed by atoms with Crippen LogP contribution in [0.5, 0.6) is 0 Å². The second-order valence-electron chi connectivity index (χ2n) is 3.42. The van der Waals surface area contributed by atoms with E-state index in [0.717, 1.165) is 6.07 Å². The standard InChI is InChI=1S/C11H13FO3/c1-2-11(14,15)7-10(13)8-5-3-4-6-9(8)12/h3-6,14-15H,2,7H2,1H3. The van der Waals surface area contributed by atoms with E-state index in [1.165, 1.54) is 25.1 Å². The average Bonchev–Trinajstić information content (AvgIpc) is 2.17. The van der Waals surface area contributed by atoms with E-state index >= 15 is 0 Å². The van der Waals surface area contributed by atoms with Gasteiger partial charge in [-0.2, -0.15) is 0 Å². The van der Waals surface area contributed by atoms with Crippen molar-refractivity contribution >= 4 is 5.78 Å². The van der Waals surface area contributed by atoms with Gasteiger partial charge in [-0.15, -0.1) is 0 Å². The first-order chi connectivity index (χ1) is 6.96. The second kappa shape index (κ2) is 4.51. The maximum absolute atomic E-state index is 13.1. The number of carbonyl (C=O) groups excluding carboxylic acids is 1. The highest BCUT2D eigenvalue weighted by molar-refractivity contribution is 5.96. The minimum Gasteiger partial charge on any atom is -0.365 e. The highest BCUT2D eigenvalue weighted by Crippen LogP contribution is 2.16. The van der Waals surface area contributed by atoms with Crippen molar-refractivity contribution in [3.63, 3.8) is 0 Å². The summed E-state index contributed by atoms with van der Waals surface area (Å²) in [6.45, 7) is 1.54. The zero-order chi connectivity index (χ0) is 11.5. The molecular weight excluding hydrogens is 199 g/mol. The molecule has 0 unspecified atom stereocenters. The Morgan fingerprint density at radius 1 is 1.40 bits per heavy atom. The van der Waals surface area contributed by atoms with E-state index in [9.17, 15) is 19.4 Å².